The molecule has 19 heavy (non-hydrogen) atoms. The predicted octanol–water partition coefficient (Wildman–Crippen LogP) is 1.60. The Kier molecular flexibility index (Phi) is 5.39. The standard InChI is InChI=1S/C15H31N3O/c1-6-18(7-2)9-8-17-15(13(16)19)11-14(4,5)10-12(15)3/h12,17H,6-11H2,1-5H3,(H2,16,19). The molecule has 0 aromatic heterocycles. The van der Waals surface area contributed by atoms with Crippen LogP contribution >= 0.6 is 0 Å². The highest BCUT2D eigenvalue weighted by molar-refractivity contribution is 5.85. The van der Waals surface area contributed by atoms with Gasteiger partial charge in [0.25, 0.3) is 0 Å². The molecule has 4 nitrogen and oxygen atoms in total. The van der Waals surface area contributed by atoms with Gasteiger partial charge < -0.3 is 16.0 Å². The number of rotatable bonds is 7. The highest BCUT2D eigenvalue weighted by Gasteiger charge is 2.52. The first kappa shape index (κ1) is 16.4. The van der Waals surface area contributed by atoms with Gasteiger partial charge in [0.05, 0.1) is 0 Å². The Morgan fingerprint density at radius 3 is 2.32 bits per heavy atom. The molecule has 0 radical (unpaired) electrons. The zero-order chi connectivity index (χ0) is 14.7. The van der Waals surface area contributed by atoms with Crippen LogP contribution < -0.4 is 11.1 Å². The van der Waals surface area contributed by atoms with Gasteiger partial charge in [-0.25, -0.2) is 0 Å². The Morgan fingerprint density at radius 2 is 1.95 bits per heavy atom. The van der Waals surface area contributed by atoms with E-state index in [2.05, 4.69) is 44.8 Å². The monoisotopic (exact) mass is 269 g/mol. The van der Waals surface area contributed by atoms with Crippen LogP contribution in [0.25, 0.3) is 0 Å². The third-order valence-electron chi connectivity index (χ3n) is 4.66. The summed E-state index contributed by atoms with van der Waals surface area (Å²) in [6.07, 6.45) is 1.89. The molecule has 2 unspecified atom stereocenters. The van der Waals surface area contributed by atoms with Crippen LogP contribution in [0.2, 0.25) is 0 Å². The number of nitrogens with zero attached hydrogens (tertiary/aromatic N) is 1. The molecular weight excluding hydrogens is 238 g/mol. The Labute approximate surface area is 118 Å². The maximum absolute atomic E-state index is 12.0. The lowest BCUT2D eigenvalue weighted by Gasteiger charge is -2.33. The second-order valence-electron chi connectivity index (χ2n) is 6.74. The highest BCUT2D eigenvalue weighted by Crippen LogP contribution is 2.47. The quantitative estimate of drug-likeness (QED) is 0.738. The fourth-order valence-electron chi connectivity index (χ4n) is 3.64. The van der Waals surface area contributed by atoms with E-state index in [0.29, 0.717) is 5.92 Å². The number of hydrogen-bond donors (Lipinski definition) is 2. The molecule has 1 rings (SSSR count). The molecular formula is C15H31N3O. The van der Waals surface area contributed by atoms with Crippen molar-refractivity contribution in [2.24, 2.45) is 17.1 Å². The molecule has 1 aliphatic carbocycles. The van der Waals surface area contributed by atoms with Gasteiger partial charge >= 0.3 is 0 Å². The molecule has 0 aromatic carbocycles. The molecule has 1 saturated carbocycles. The number of carbonyl (C=O) groups is 1. The summed E-state index contributed by atoms with van der Waals surface area (Å²) in [6, 6.07) is 0. The average molecular weight is 269 g/mol. The summed E-state index contributed by atoms with van der Waals surface area (Å²) >= 11 is 0. The molecule has 1 fully saturated rings. The zero-order valence-electron chi connectivity index (χ0n) is 13.3. The normalized spacial score (nSPS) is 29.9. The molecule has 0 aliphatic heterocycles. The number of likely N-dealkylation sites (N-methyl/N-ethyl adjacent to an activating group) is 1. The summed E-state index contributed by atoms with van der Waals surface area (Å²) in [5, 5.41) is 3.48. The third kappa shape index (κ3) is 3.69. The minimum absolute atomic E-state index is 0.190. The van der Waals surface area contributed by atoms with E-state index < -0.39 is 5.54 Å². The van der Waals surface area contributed by atoms with Gasteiger partial charge in [0, 0.05) is 13.1 Å². The number of hydrogen-bond acceptors (Lipinski definition) is 3. The lowest BCUT2D eigenvalue weighted by molar-refractivity contribution is -0.125. The van der Waals surface area contributed by atoms with E-state index in [-0.39, 0.29) is 11.3 Å². The summed E-state index contributed by atoms with van der Waals surface area (Å²) in [7, 11) is 0. The molecule has 0 heterocycles. The second-order valence-corrected chi connectivity index (χ2v) is 6.74. The lowest BCUT2D eigenvalue weighted by atomic mass is 9.85. The van der Waals surface area contributed by atoms with Crippen LogP contribution in [-0.4, -0.2) is 42.5 Å². The smallest absolute Gasteiger partial charge is 0.238 e. The topological polar surface area (TPSA) is 58.4 Å². The van der Waals surface area contributed by atoms with E-state index in [1.807, 2.05) is 0 Å². The number of carbonyl (C=O) groups excluding carboxylic acids is 1. The van der Waals surface area contributed by atoms with E-state index in [1.54, 1.807) is 0 Å². The maximum Gasteiger partial charge on any atom is 0.238 e. The first-order valence-electron chi connectivity index (χ1n) is 7.54. The van der Waals surface area contributed by atoms with Gasteiger partial charge in [0.2, 0.25) is 5.91 Å². The maximum atomic E-state index is 12.0. The molecule has 4 heteroatoms. The molecule has 112 valence electrons. The van der Waals surface area contributed by atoms with Crippen molar-refractivity contribution in [3.05, 3.63) is 0 Å². The summed E-state index contributed by atoms with van der Waals surface area (Å²) < 4.78 is 0. The zero-order valence-corrected chi connectivity index (χ0v) is 13.3. The number of nitrogens with one attached hydrogen (secondary N) is 1. The molecule has 0 bridgehead atoms. The van der Waals surface area contributed by atoms with Gasteiger partial charge in [-0.3, -0.25) is 4.79 Å². The van der Waals surface area contributed by atoms with Crippen LogP contribution in [-0.2, 0) is 4.79 Å². The van der Waals surface area contributed by atoms with Crippen molar-refractivity contribution in [2.45, 2.75) is 53.0 Å². The summed E-state index contributed by atoms with van der Waals surface area (Å²) in [4.78, 5) is 14.3. The van der Waals surface area contributed by atoms with Gasteiger partial charge in [0.1, 0.15) is 5.54 Å². The Balaban J connectivity index is 2.67. The van der Waals surface area contributed by atoms with Crippen molar-refractivity contribution in [3.63, 3.8) is 0 Å². The van der Waals surface area contributed by atoms with Crippen molar-refractivity contribution < 1.29 is 4.79 Å². The number of amides is 1. The minimum Gasteiger partial charge on any atom is -0.368 e. The molecule has 1 aliphatic rings. The third-order valence-corrected chi connectivity index (χ3v) is 4.66. The van der Waals surface area contributed by atoms with Gasteiger partial charge in [0.15, 0.2) is 0 Å². The number of primary amides is 1. The van der Waals surface area contributed by atoms with Gasteiger partial charge in [-0.1, -0.05) is 34.6 Å². The van der Waals surface area contributed by atoms with Crippen molar-refractivity contribution in [2.75, 3.05) is 26.2 Å². The van der Waals surface area contributed by atoms with Crippen molar-refractivity contribution >= 4 is 5.91 Å². The van der Waals surface area contributed by atoms with Crippen LogP contribution in [0.5, 0.6) is 0 Å². The summed E-state index contributed by atoms with van der Waals surface area (Å²) in [5.41, 5.74) is 5.39. The van der Waals surface area contributed by atoms with Crippen LogP contribution in [0.15, 0.2) is 0 Å². The molecule has 0 saturated heterocycles. The molecule has 0 aromatic rings. The van der Waals surface area contributed by atoms with Gasteiger partial charge in [-0.15, -0.1) is 0 Å². The largest absolute Gasteiger partial charge is 0.368 e. The molecule has 0 spiro atoms. The van der Waals surface area contributed by atoms with E-state index in [0.717, 1.165) is 39.0 Å². The van der Waals surface area contributed by atoms with E-state index in [4.69, 9.17) is 5.73 Å². The molecule has 3 N–H and O–H groups in total. The van der Waals surface area contributed by atoms with E-state index >= 15 is 0 Å². The van der Waals surface area contributed by atoms with Gasteiger partial charge in [-0.05, 0) is 37.3 Å². The Bertz CT molecular complexity index is 313. The van der Waals surface area contributed by atoms with Crippen LogP contribution in [0.3, 0.4) is 0 Å². The minimum atomic E-state index is -0.517. The number of nitrogens with two attached hydrogens (primary N) is 1. The van der Waals surface area contributed by atoms with Crippen molar-refractivity contribution in [3.8, 4) is 0 Å². The van der Waals surface area contributed by atoms with Crippen molar-refractivity contribution in [1.29, 1.82) is 0 Å². The SMILES string of the molecule is CCN(CC)CCNC1(C(N)=O)CC(C)(C)CC1C. The first-order chi connectivity index (χ1) is 8.77. The second kappa shape index (κ2) is 6.23. The fourth-order valence-corrected chi connectivity index (χ4v) is 3.64. The Morgan fingerprint density at radius 1 is 1.37 bits per heavy atom. The fraction of sp³-hybridized carbons (Fsp3) is 0.933. The van der Waals surface area contributed by atoms with Crippen LogP contribution in [0.4, 0.5) is 0 Å². The van der Waals surface area contributed by atoms with E-state index in [1.165, 1.54) is 0 Å². The highest BCUT2D eigenvalue weighted by atomic mass is 16.1. The summed E-state index contributed by atoms with van der Waals surface area (Å²) in [5.74, 6) is 0.113. The average Bonchev–Trinajstić information content (AvgIpc) is 2.55. The molecule has 1 amide bonds. The van der Waals surface area contributed by atoms with Crippen LogP contribution in [0, 0.1) is 11.3 Å². The van der Waals surface area contributed by atoms with Gasteiger partial charge in [-0.2, -0.15) is 0 Å². The Hall–Kier alpha value is -0.610. The van der Waals surface area contributed by atoms with Crippen molar-refractivity contribution in [1.82, 2.24) is 10.2 Å². The van der Waals surface area contributed by atoms with Crippen LogP contribution in [0.1, 0.15) is 47.5 Å². The first-order valence-corrected chi connectivity index (χ1v) is 7.54. The predicted molar refractivity (Wildman–Crippen MR) is 79.9 cm³/mol. The van der Waals surface area contributed by atoms with E-state index in [9.17, 15) is 4.79 Å². The molecule has 2 atom stereocenters. The lowest BCUT2D eigenvalue weighted by Crippen LogP contribution is -2.58. The summed E-state index contributed by atoms with van der Waals surface area (Å²) in [6.45, 7) is 14.8.